The summed E-state index contributed by atoms with van der Waals surface area (Å²) in [6.45, 7) is 0.652. The van der Waals surface area contributed by atoms with Gasteiger partial charge in [0.25, 0.3) is 0 Å². The largest absolute Gasteiger partial charge is 0.497 e. The first-order chi connectivity index (χ1) is 14.5. The summed E-state index contributed by atoms with van der Waals surface area (Å²) in [6.07, 6.45) is 4.39. The minimum absolute atomic E-state index is 0.0102. The highest BCUT2D eigenvalue weighted by Crippen LogP contribution is 2.31. The van der Waals surface area contributed by atoms with Crippen LogP contribution in [0.15, 0.2) is 53.4 Å². The second kappa shape index (κ2) is 8.78. The van der Waals surface area contributed by atoms with Crippen LogP contribution in [-0.4, -0.2) is 38.8 Å². The number of sulfonamides is 1. The lowest BCUT2D eigenvalue weighted by atomic mass is 9.87. The lowest BCUT2D eigenvalue weighted by Gasteiger charge is -2.33. The van der Waals surface area contributed by atoms with Gasteiger partial charge < -0.3 is 10.1 Å². The summed E-state index contributed by atoms with van der Waals surface area (Å²) >= 11 is 0. The molecule has 1 saturated heterocycles. The first-order valence-corrected chi connectivity index (χ1v) is 12.0. The van der Waals surface area contributed by atoms with E-state index in [0.29, 0.717) is 25.1 Å². The Hall–Kier alpha value is -2.38. The van der Waals surface area contributed by atoms with Crippen molar-refractivity contribution in [2.24, 2.45) is 5.92 Å². The number of fused-ring (bicyclic) bond motifs is 1. The predicted molar refractivity (Wildman–Crippen MR) is 115 cm³/mol. The fourth-order valence-corrected chi connectivity index (χ4v) is 5.99. The molecule has 160 valence electrons. The van der Waals surface area contributed by atoms with Crippen molar-refractivity contribution in [3.05, 3.63) is 59.7 Å². The Morgan fingerprint density at radius 3 is 2.60 bits per heavy atom. The average molecular weight is 429 g/mol. The van der Waals surface area contributed by atoms with Crippen LogP contribution in [0, 0.1) is 5.92 Å². The van der Waals surface area contributed by atoms with Crippen LogP contribution in [0.3, 0.4) is 0 Å². The second-order valence-corrected chi connectivity index (χ2v) is 9.97. The topological polar surface area (TPSA) is 75.7 Å². The maximum absolute atomic E-state index is 13.1. The number of nitrogens with one attached hydrogen (secondary N) is 1. The SMILES string of the molecule is COc1ccc(S(=O)(=O)N2CCC[C@@H](C(=O)N[C@H]3CCCc4ccccc43)C2)cc1. The third-order valence-electron chi connectivity index (χ3n) is 6.14. The highest BCUT2D eigenvalue weighted by Gasteiger charge is 2.34. The van der Waals surface area contributed by atoms with Gasteiger partial charge in [0, 0.05) is 13.1 Å². The quantitative estimate of drug-likeness (QED) is 0.793. The number of nitrogens with zero attached hydrogens (tertiary/aromatic N) is 1. The third kappa shape index (κ3) is 4.23. The average Bonchev–Trinajstić information content (AvgIpc) is 2.79. The van der Waals surface area contributed by atoms with Gasteiger partial charge in [-0.2, -0.15) is 4.31 Å². The van der Waals surface area contributed by atoms with Gasteiger partial charge in [0.15, 0.2) is 0 Å². The molecule has 0 saturated carbocycles. The molecule has 1 N–H and O–H groups in total. The van der Waals surface area contributed by atoms with E-state index in [4.69, 9.17) is 4.74 Å². The maximum atomic E-state index is 13.1. The van der Waals surface area contributed by atoms with Crippen molar-refractivity contribution in [2.75, 3.05) is 20.2 Å². The molecule has 6 nitrogen and oxygen atoms in total. The smallest absolute Gasteiger partial charge is 0.243 e. The molecule has 2 aromatic rings. The van der Waals surface area contributed by atoms with E-state index < -0.39 is 10.0 Å². The summed E-state index contributed by atoms with van der Waals surface area (Å²) in [7, 11) is -2.09. The van der Waals surface area contributed by atoms with Gasteiger partial charge in [-0.15, -0.1) is 0 Å². The molecule has 2 atom stereocenters. The highest BCUT2D eigenvalue weighted by atomic mass is 32.2. The summed E-state index contributed by atoms with van der Waals surface area (Å²) in [4.78, 5) is 13.2. The molecule has 1 heterocycles. The fraction of sp³-hybridized carbons (Fsp3) is 0.435. The third-order valence-corrected chi connectivity index (χ3v) is 8.02. The van der Waals surface area contributed by atoms with E-state index in [0.717, 1.165) is 19.3 Å². The molecular formula is C23H28N2O4S. The van der Waals surface area contributed by atoms with Crippen LogP contribution in [0.2, 0.25) is 0 Å². The first kappa shape index (κ1) is 20.9. The Kier molecular flexibility index (Phi) is 6.11. The Balaban J connectivity index is 1.45. The molecule has 0 spiro atoms. The Bertz CT molecular complexity index is 1000. The molecule has 7 heteroatoms. The Morgan fingerprint density at radius 1 is 1.07 bits per heavy atom. The van der Waals surface area contributed by atoms with Gasteiger partial charge in [0.2, 0.25) is 15.9 Å². The Labute approximate surface area is 178 Å². The molecule has 2 aliphatic rings. The first-order valence-electron chi connectivity index (χ1n) is 10.5. The van der Waals surface area contributed by atoms with Crippen molar-refractivity contribution >= 4 is 15.9 Å². The zero-order chi connectivity index (χ0) is 21.1. The normalized spacial score (nSPS) is 22.2. The summed E-state index contributed by atoms with van der Waals surface area (Å²) < 4.78 is 32.7. The number of hydrogen-bond donors (Lipinski definition) is 1. The number of rotatable bonds is 5. The minimum Gasteiger partial charge on any atom is -0.497 e. The van der Waals surface area contributed by atoms with Gasteiger partial charge in [-0.25, -0.2) is 8.42 Å². The zero-order valence-corrected chi connectivity index (χ0v) is 18.0. The summed E-state index contributed by atoms with van der Waals surface area (Å²) in [5.74, 6) is 0.227. The molecule has 1 aliphatic carbocycles. The van der Waals surface area contributed by atoms with Gasteiger partial charge in [0.1, 0.15) is 5.75 Å². The van der Waals surface area contributed by atoms with E-state index in [2.05, 4.69) is 17.4 Å². The van der Waals surface area contributed by atoms with Crippen molar-refractivity contribution in [3.8, 4) is 5.75 Å². The molecule has 1 fully saturated rings. The number of amides is 1. The highest BCUT2D eigenvalue weighted by molar-refractivity contribution is 7.89. The van der Waals surface area contributed by atoms with Crippen LogP contribution in [-0.2, 0) is 21.2 Å². The summed E-state index contributed by atoms with van der Waals surface area (Å²) in [5.41, 5.74) is 2.48. The van der Waals surface area contributed by atoms with E-state index >= 15 is 0 Å². The molecular weight excluding hydrogens is 400 g/mol. The van der Waals surface area contributed by atoms with E-state index in [-0.39, 0.29) is 29.3 Å². The number of carbonyl (C=O) groups excluding carboxylic acids is 1. The molecule has 1 aliphatic heterocycles. The number of methoxy groups -OCH3 is 1. The summed E-state index contributed by atoms with van der Waals surface area (Å²) in [6, 6.07) is 14.6. The second-order valence-electron chi connectivity index (χ2n) is 8.03. The van der Waals surface area contributed by atoms with Crippen LogP contribution in [0.4, 0.5) is 0 Å². The van der Waals surface area contributed by atoms with Crippen LogP contribution < -0.4 is 10.1 Å². The number of piperidine rings is 1. The maximum Gasteiger partial charge on any atom is 0.243 e. The Morgan fingerprint density at radius 2 is 1.83 bits per heavy atom. The number of ether oxygens (including phenoxy) is 1. The predicted octanol–water partition coefficient (Wildman–Crippen LogP) is 3.29. The minimum atomic E-state index is -3.64. The van der Waals surface area contributed by atoms with Crippen molar-refractivity contribution in [3.63, 3.8) is 0 Å². The van der Waals surface area contributed by atoms with Crippen molar-refractivity contribution in [1.82, 2.24) is 9.62 Å². The van der Waals surface area contributed by atoms with Gasteiger partial charge in [-0.1, -0.05) is 24.3 Å². The number of aryl methyl sites for hydroxylation is 1. The summed E-state index contributed by atoms with van der Waals surface area (Å²) in [5, 5.41) is 3.19. The lowest BCUT2D eigenvalue weighted by Crippen LogP contribution is -2.46. The number of benzene rings is 2. The van der Waals surface area contributed by atoms with Crippen LogP contribution in [0.25, 0.3) is 0 Å². The fourth-order valence-electron chi connectivity index (χ4n) is 4.46. The molecule has 0 aromatic heterocycles. The molecule has 0 bridgehead atoms. The van der Waals surface area contributed by atoms with E-state index in [1.165, 1.54) is 15.4 Å². The van der Waals surface area contributed by atoms with Crippen molar-refractivity contribution in [1.29, 1.82) is 0 Å². The van der Waals surface area contributed by atoms with E-state index in [9.17, 15) is 13.2 Å². The molecule has 0 radical (unpaired) electrons. The number of hydrogen-bond acceptors (Lipinski definition) is 4. The van der Waals surface area contributed by atoms with Gasteiger partial charge in [-0.3, -0.25) is 4.79 Å². The van der Waals surface area contributed by atoms with E-state index in [1.807, 2.05) is 12.1 Å². The molecule has 4 rings (SSSR count). The van der Waals surface area contributed by atoms with Crippen LogP contribution in [0.5, 0.6) is 5.75 Å². The van der Waals surface area contributed by atoms with Crippen LogP contribution in [0.1, 0.15) is 42.9 Å². The van der Waals surface area contributed by atoms with Gasteiger partial charge >= 0.3 is 0 Å². The lowest BCUT2D eigenvalue weighted by molar-refractivity contribution is -0.127. The monoisotopic (exact) mass is 428 g/mol. The molecule has 2 aromatic carbocycles. The van der Waals surface area contributed by atoms with Crippen molar-refractivity contribution in [2.45, 2.75) is 43.0 Å². The molecule has 1 amide bonds. The van der Waals surface area contributed by atoms with Crippen molar-refractivity contribution < 1.29 is 17.9 Å². The zero-order valence-electron chi connectivity index (χ0n) is 17.2. The van der Waals surface area contributed by atoms with Crippen LogP contribution >= 0.6 is 0 Å². The van der Waals surface area contributed by atoms with Gasteiger partial charge in [0.05, 0.1) is 24.0 Å². The molecule has 0 unspecified atom stereocenters. The van der Waals surface area contributed by atoms with E-state index in [1.54, 1.807) is 31.4 Å². The number of carbonyl (C=O) groups is 1. The van der Waals surface area contributed by atoms with Gasteiger partial charge in [-0.05, 0) is 67.5 Å². The standard InChI is InChI=1S/C23H28N2O4S/c1-29-19-11-13-20(14-12-19)30(27,28)25-15-5-8-18(16-25)23(26)24-22-10-4-7-17-6-2-3-9-21(17)22/h2-3,6,9,11-14,18,22H,4-5,7-8,10,15-16H2,1H3,(H,24,26)/t18-,22+/m1/s1. The molecule has 30 heavy (non-hydrogen) atoms.